The number of nitrogens with one attached hydrogen (secondary N) is 1. The lowest BCUT2D eigenvalue weighted by atomic mass is 9.87. The predicted octanol–water partition coefficient (Wildman–Crippen LogP) is 2.73. The molecule has 0 radical (unpaired) electrons. The topological polar surface area (TPSA) is 15.3 Å². The molecule has 0 aliphatic carbocycles. The van der Waals surface area contributed by atoms with Gasteiger partial charge in [0, 0.05) is 11.6 Å². The van der Waals surface area contributed by atoms with Crippen LogP contribution in [-0.4, -0.2) is 31.6 Å². The van der Waals surface area contributed by atoms with Crippen molar-refractivity contribution in [1.82, 2.24) is 10.2 Å². The van der Waals surface area contributed by atoms with Crippen LogP contribution in [0, 0.1) is 12.7 Å². The largest absolute Gasteiger partial charge is 0.311 e. The summed E-state index contributed by atoms with van der Waals surface area (Å²) in [5.74, 6) is -0.171. The third-order valence-corrected chi connectivity index (χ3v) is 3.55. The molecule has 0 heterocycles. The maximum Gasteiger partial charge on any atom is 0.123 e. The summed E-state index contributed by atoms with van der Waals surface area (Å²) in [5, 5.41) is 3.29. The fourth-order valence-electron chi connectivity index (χ4n) is 2.12. The second-order valence-corrected chi connectivity index (χ2v) is 5.33. The minimum absolute atomic E-state index is 0.0883. The lowest BCUT2D eigenvalue weighted by Crippen LogP contribution is -2.48. The zero-order valence-corrected chi connectivity index (χ0v) is 11.6. The molecule has 0 spiro atoms. The van der Waals surface area contributed by atoms with Crippen LogP contribution in [0.5, 0.6) is 0 Å². The van der Waals surface area contributed by atoms with Crippen molar-refractivity contribution in [2.75, 3.05) is 21.1 Å². The molecule has 3 heteroatoms. The Morgan fingerprint density at radius 2 is 1.82 bits per heavy atom. The van der Waals surface area contributed by atoms with Gasteiger partial charge in [0.25, 0.3) is 0 Å². The van der Waals surface area contributed by atoms with E-state index in [1.54, 1.807) is 12.1 Å². The van der Waals surface area contributed by atoms with Gasteiger partial charge in [-0.25, -0.2) is 4.39 Å². The van der Waals surface area contributed by atoms with Crippen molar-refractivity contribution < 1.29 is 4.39 Å². The van der Waals surface area contributed by atoms with Gasteiger partial charge in [-0.15, -0.1) is 0 Å². The van der Waals surface area contributed by atoms with Gasteiger partial charge in [0.1, 0.15) is 5.82 Å². The van der Waals surface area contributed by atoms with E-state index in [1.807, 2.05) is 34.1 Å². The molecule has 1 aromatic rings. The van der Waals surface area contributed by atoms with E-state index in [2.05, 4.69) is 24.1 Å². The third kappa shape index (κ3) is 3.05. The summed E-state index contributed by atoms with van der Waals surface area (Å²) in [4.78, 5) is 2.15. The van der Waals surface area contributed by atoms with E-state index in [0.717, 1.165) is 11.1 Å². The molecule has 0 fully saturated rings. The number of rotatable bonds is 4. The van der Waals surface area contributed by atoms with Crippen LogP contribution in [0.25, 0.3) is 0 Å². The maximum atomic E-state index is 13.5. The maximum absolute atomic E-state index is 13.5. The Hall–Kier alpha value is -0.930. The summed E-state index contributed by atoms with van der Waals surface area (Å²) in [5.41, 5.74) is 1.85. The fraction of sp³-hybridized carbons (Fsp3) is 0.571. The van der Waals surface area contributed by atoms with Crippen molar-refractivity contribution in [2.24, 2.45) is 0 Å². The molecule has 1 N–H and O–H groups in total. The molecule has 1 aromatic carbocycles. The highest BCUT2D eigenvalue weighted by Crippen LogP contribution is 2.30. The van der Waals surface area contributed by atoms with Crippen LogP contribution in [0.3, 0.4) is 0 Å². The van der Waals surface area contributed by atoms with E-state index < -0.39 is 0 Å². The highest BCUT2D eigenvalue weighted by molar-refractivity contribution is 5.28. The van der Waals surface area contributed by atoms with Crippen LogP contribution in [-0.2, 0) is 0 Å². The van der Waals surface area contributed by atoms with Gasteiger partial charge in [0.05, 0.1) is 0 Å². The second kappa shape index (κ2) is 5.15. The molecule has 2 nitrogen and oxygen atoms in total. The number of halogens is 1. The van der Waals surface area contributed by atoms with Crippen molar-refractivity contribution in [3.63, 3.8) is 0 Å². The summed E-state index contributed by atoms with van der Waals surface area (Å²) in [6.07, 6.45) is 0. The highest BCUT2D eigenvalue weighted by atomic mass is 19.1. The number of nitrogens with zero attached hydrogens (tertiary/aromatic N) is 1. The fourth-order valence-corrected chi connectivity index (χ4v) is 2.12. The van der Waals surface area contributed by atoms with E-state index in [9.17, 15) is 4.39 Å². The summed E-state index contributed by atoms with van der Waals surface area (Å²) in [6, 6.07) is 5.29. The summed E-state index contributed by atoms with van der Waals surface area (Å²) in [6.45, 7) is 6.21. The Labute approximate surface area is 104 Å². The van der Waals surface area contributed by atoms with Crippen molar-refractivity contribution >= 4 is 0 Å². The SMILES string of the molecule is CNC(c1cc(C)cc(F)c1)C(C)(C)N(C)C. The number of benzene rings is 1. The first-order chi connectivity index (χ1) is 7.78. The van der Waals surface area contributed by atoms with Crippen LogP contribution >= 0.6 is 0 Å². The minimum Gasteiger partial charge on any atom is -0.311 e. The number of hydrogen-bond acceptors (Lipinski definition) is 2. The normalized spacial score (nSPS) is 14.1. The molecular weight excluding hydrogens is 215 g/mol. The molecule has 0 saturated heterocycles. The van der Waals surface area contributed by atoms with E-state index in [0.29, 0.717) is 0 Å². The lowest BCUT2D eigenvalue weighted by Gasteiger charge is -2.40. The molecule has 17 heavy (non-hydrogen) atoms. The van der Waals surface area contributed by atoms with E-state index in [4.69, 9.17) is 0 Å². The molecular formula is C14H23FN2. The van der Waals surface area contributed by atoms with Crippen LogP contribution in [0.2, 0.25) is 0 Å². The van der Waals surface area contributed by atoms with Gasteiger partial charge < -0.3 is 10.2 Å². The Kier molecular flexibility index (Phi) is 4.28. The summed E-state index contributed by atoms with van der Waals surface area (Å²) in [7, 11) is 5.99. The first-order valence-electron chi connectivity index (χ1n) is 5.91. The molecule has 0 bridgehead atoms. The van der Waals surface area contributed by atoms with E-state index >= 15 is 0 Å². The van der Waals surface area contributed by atoms with Crippen LogP contribution in [0.15, 0.2) is 18.2 Å². The van der Waals surface area contributed by atoms with Gasteiger partial charge in [-0.1, -0.05) is 6.07 Å². The molecule has 1 rings (SSSR count). The third-order valence-electron chi connectivity index (χ3n) is 3.55. The predicted molar refractivity (Wildman–Crippen MR) is 70.7 cm³/mol. The Balaban J connectivity index is 3.18. The van der Waals surface area contributed by atoms with Crippen LogP contribution < -0.4 is 5.32 Å². The smallest absolute Gasteiger partial charge is 0.123 e. The zero-order valence-electron chi connectivity index (χ0n) is 11.6. The standard InChI is InChI=1S/C14H23FN2/c1-10-7-11(9-12(15)8-10)13(16-4)14(2,3)17(5)6/h7-9,13,16H,1-6H3. The minimum atomic E-state index is -0.171. The highest BCUT2D eigenvalue weighted by Gasteiger charge is 2.31. The van der Waals surface area contributed by atoms with E-state index in [1.165, 1.54) is 0 Å². The molecule has 0 aromatic heterocycles. The van der Waals surface area contributed by atoms with Gasteiger partial charge >= 0.3 is 0 Å². The molecule has 1 atom stereocenters. The van der Waals surface area contributed by atoms with Gasteiger partial charge in [-0.2, -0.15) is 0 Å². The van der Waals surface area contributed by atoms with Crippen LogP contribution in [0.4, 0.5) is 4.39 Å². The van der Waals surface area contributed by atoms with Crippen molar-refractivity contribution in [3.8, 4) is 0 Å². The number of likely N-dealkylation sites (N-methyl/N-ethyl adjacent to an activating group) is 2. The molecule has 96 valence electrons. The summed E-state index contributed by atoms with van der Waals surface area (Å²) < 4.78 is 13.5. The average molecular weight is 238 g/mol. The van der Waals surface area contributed by atoms with Gasteiger partial charge in [0.15, 0.2) is 0 Å². The lowest BCUT2D eigenvalue weighted by molar-refractivity contribution is 0.142. The van der Waals surface area contributed by atoms with E-state index in [-0.39, 0.29) is 17.4 Å². The first kappa shape index (κ1) is 14.1. The van der Waals surface area contributed by atoms with Crippen molar-refractivity contribution in [2.45, 2.75) is 32.4 Å². The number of aryl methyl sites for hydroxylation is 1. The first-order valence-corrected chi connectivity index (χ1v) is 5.91. The molecule has 0 aliphatic heterocycles. The summed E-state index contributed by atoms with van der Waals surface area (Å²) >= 11 is 0. The van der Waals surface area contributed by atoms with Crippen LogP contribution in [0.1, 0.15) is 31.0 Å². The van der Waals surface area contributed by atoms with Crippen molar-refractivity contribution in [1.29, 1.82) is 0 Å². The molecule has 0 amide bonds. The van der Waals surface area contributed by atoms with Crippen molar-refractivity contribution in [3.05, 3.63) is 35.1 Å². The quantitative estimate of drug-likeness (QED) is 0.867. The molecule has 0 saturated carbocycles. The monoisotopic (exact) mass is 238 g/mol. The molecule has 1 unspecified atom stereocenters. The van der Waals surface area contributed by atoms with Gasteiger partial charge in [0.2, 0.25) is 0 Å². The van der Waals surface area contributed by atoms with Gasteiger partial charge in [-0.05, 0) is 65.2 Å². The second-order valence-electron chi connectivity index (χ2n) is 5.33. The zero-order chi connectivity index (χ0) is 13.2. The molecule has 0 aliphatic rings. The Morgan fingerprint density at radius 1 is 1.24 bits per heavy atom. The Morgan fingerprint density at radius 3 is 2.24 bits per heavy atom. The number of hydrogen-bond donors (Lipinski definition) is 1. The Bertz CT molecular complexity index is 366. The van der Waals surface area contributed by atoms with Gasteiger partial charge in [-0.3, -0.25) is 0 Å². The average Bonchev–Trinajstić information content (AvgIpc) is 2.16.